The number of ether oxygens (including phenoxy) is 3. The quantitative estimate of drug-likeness (QED) is 0.451. The summed E-state index contributed by atoms with van der Waals surface area (Å²) in [4.78, 5) is 35.2. The number of hydrogen-bond acceptors (Lipinski definition) is 8. The Morgan fingerprint density at radius 2 is 1.80 bits per heavy atom. The van der Waals surface area contributed by atoms with E-state index >= 15 is 0 Å². The molecule has 7 rings (SSSR count). The second-order valence-electron chi connectivity index (χ2n) is 12.7. The highest BCUT2D eigenvalue weighted by Gasteiger charge is 2.57. The molecule has 2 saturated carbocycles. The number of anilines is 2. The molecule has 236 valence electrons. The molecule has 4 unspecified atom stereocenters. The van der Waals surface area contributed by atoms with Gasteiger partial charge in [-0.15, -0.1) is 8.78 Å². The van der Waals surface area contributed by atoms with Crippen molar-refractivity contribution in [3.63, 3.8) is 0 Å². The molecule has 4 heterocycles. The Morgan fingerprint density at radius 3 is 2.48 bits per heavy atom. The van der Waals surface area contributed by atoms with Crippen molar-refractivity contribution in [2.75, 3.05) is 24.7 Å². The number of amides is 1. The molecule has 2 bridgehead atoms. The van der Waals surface area contributed by atoms with Crippen molar-refractivity contribution < 1.29 is 50.9 Å². The van der Waals surface area contributed by atoms with Gasteiger partial charge in [-0.3, -0.25) is 4.79 Å². The normalized spacial score (nSPS) is 29.5. The first-order chi connectivity index (χ1) is 20.7. The molecule has 4 atom stereocenters. The van der Waals surface area contributed by atoms with Crippen molar-refractivity contribution in [3.05, 3.63) is 35.2 Å². The van der Waals surface area contributed by atoms with E-state index in [1.54, 1.807) is 0 Å². The molecule has 5 aliphatic rings. The number of alkyl halides is 5. The zero-order valence-corrected chi connectivity index (χ0v) is 23.5. The summed E-state index contributed by atoms with van der Waals surface area (Å²) in [6.07, 6.45) is -5.31. The fourth-order valence-corrected chi connectivity index (χ4v) is 8.03. The molecule has 3 fully saturated rings. The van der Waals surface area contributed by atoms with E-state index < -0.39 is 58.4 Å². The highest BCUT2D eigenvalue weighted by molar-refractivity contribution is 5.99. The lowest BCUT2D eigenvalue weighted by atomic mass is 9.76. The number of nitrogens with zero attached hydrogens (tertiary/aromatic N) is 3. The van der Waals surface area contributed by atoms with Crippen molar-refractivity contribution in [1.82, 2.24) is 15.3 Å². The van der Waals surface area contributed by atoms with Gasteiger partial charge < -0.3 is 29.5 Å². The van der Waals surface area contributed by atoms with Gasteiger partial charge in [-0.25, -0.2) is 14.8 Å². The summed E-state index contributed by atoms with van der Waals surface area (Å²) in [5.74, 6) is -3.51. The van der Waals surface area contributed by atoms with Crippen molar-refractivity contribution >= 4 is 23.5 Å². The molecule has 44 heavy (non-hydrogen) atoms. The van der Waals surface area contributed by atoms with Crippen molar-refractivity contribution in [3.8, 4) is 11.5 Å². The van der Waals surface area contributed by atoms with Gasteiger partial charge in [-0.2, -0.15) is 13.2 Å². The van der Waals surface area contributed by atoms with Crippen molar-refractivity contribution in [2.24, 2.45) is 17.8 Å². The SMILES string of the molecule is CC1CC2CC(C1)C(NC(=O)c1cnc(N3CC4(CCOCC4)c4cc5c(cc43)OC(F)(F)O5)nc1C(F)(F)F)(C(=O)O)C2. The molecule has 15 heteroatoms. The molecular weight excluding hydrogens is 595 g/mol. The first-order valence-corrected chi connectivity index (χ1v) is 14.5. The molecule has 1 aromatic heterocycles. The molecule has 1 amide bonds. The summed E-state index contributed by atoms with van der Waals surface area (Å²) >= 11 is 0. The van der Waals surface area contributed by atoms with E-state index in [1.807, 2.05) is 6.92 Å². The lowest BCUT2D eigenvalue weighted by Gasteiger charge is -2.34. The van der Waals surface area contributed by atoms with Gasteiger partial charge in [0.15, 0.2) is 17.2 Å². The van der Waals surface area contributed by atoms with Gasteiger partial charge >= 0.3 is 18.4 Å². The Balaban J connectivity index is 1.26. The predicted molar refractivity (Wildman–Crippen MR) is 141 cm³/mol. The molecule has 10 nitrogen and oxygen atoms in total. The van der Waals surface area contributed by atoms with Crippen LogP contribution in [0.4, 0.5) is 33.6 Å². The molecule has 2 aromatic rings. The van der Waals surface area contributed by atoms with E-state index in [2.05, 4.69) is 24.8 Å². The Labute approximate surface area is 247 Å². The van der Waals surface area contributed by atoms with Crippen LogP contribution in [0.1, 0.15) is 67.1 Å². The summed E-state index contributed by atoms with van der Waals surface area (Å²) in [5, 5.41) is 12.6. The van der Waals surface area contributed by atoms with Crippen LogP contribution >= 0.6 is 0 Å². The second kappa shape index (κ2) is 9.62. The number of halogens is 5. The maximum Gasteiger partial charge on any atom is 0.586 e. The molecule has 3 aliphatic heterocycles. The van der Waals surface area contributed by atoms with Gasteiger partial charge in [0.25, 0.3) is 5.91 Å². The predicted octanol–water partition coefficient (Wildman–Crippen LogP) is 5.03. The number of aliphatic carboxylic acids is 1. The third-order valence-electron chi connectivity index (χ3n) is 9.89. The number of rotatable bonds is 4. The molecule has 2 N–H and O–H groups in total. The Morgan fingerprint density at radius 1 is 1.09 bits per heavy atom. The number of carboxylic acids is 1. The Hall–Kier alpha value is -3.75. The van der Waals surface area contributed by atoms with Gasteiger partial charge in [0, 0.05) is 37.4 Å². The topological polar surface area (TPSA) is 123 Å². The number of hydrogen-bond donors (Lipinski definition) is 2. The maximum atomic E-state index is 14.5. The molecule has 2 aliphatic carbocycles. The molecular formula is C29H29F5N4O6. The van der Waals surface area contributed by atoms with Crippen LogP contribution in [0.5, 0.6) is 11.5 Å². The van der Waals surface area contributed by atoms with Crippen LogP contribution in [0.2, 0.25) is 0 Å². The Kier molecular flexibility index (Phi) is 6.34. The zero-order valence-electron chi connectivity index (χ0n) is 23.5. The average molecular weight is 625 g/mol. The standard InChI is InChI=1S/C29H29F5N4O6/c1-14-6-15-8-16(7-14)27(11-15,24(40)41)37-23(39)17-12-35-25(36-22(17)28(30,31)32)38-13-26(2-4-42-5-3-26)18-9-20-21(10-19(18)38)44-29(33,34)43-20/h9-10,12,14-16H,2-8,11,13H2,1H3,(H,37,39)(H,40,41). The fourth-order valence-electron chi connectivity index (χ4n) is 8.03. The van der Waals surface area contributed by atoms with Crippen LogP contribution < -0.4 is 19.7 Å². The van der Waals surface area contributed by atoms with Crippen LogP contribution in [-0.2, 0) is 21.1 Å². The molecule has 1 aromatic carbocycles. The highest BCUT2D eigenvalue weighted by Crippen LogP contribution is 2.55. The monoisotopic (exact) mass is 624 g/mol. The number of carbonyl (C=O) groups is 2. The number of nitrogens with one attached hydrogen (secondary N) is 1. The first-order valence-electron chi connectivity index (χ1n) is 14.5. The Bertz CT molecular complexity index is 1550. The van der Waals surface area contributed by atoms with E-state index in [9.17, 15) is 36.6 Å². The summed E-state index contributed by atoms with van der Waals surface area (Å²) in [5.41, 5.74) is -3.97. The average Bonchev–Trinajstić information content (AvgIpc) is 3.51. The zero-order chi connectivity index (χ0) is 31.2. The minimum atomic E-state index is -5.10. The molecule has 1 spiro atoms. The first kappa shape index (κ1) is 29.0. The van der Waals surface area contributed by atoms with Crippen molar-refractivity contribution in [1.29, 1.82) is 0 Å². The summed E-state index contributed by atoms with van der Waals surface area (Å²) in [7, 11) is 0. The van der Waals surface area contributed by atoms with Gasteiger partial charge in [-0.05, 0) is 67.9 Å². The number of aromatic nitrogens is 2. The lowest BCUT2D eigenvalue weighted by molar-refractivity contribution is -0.286. The van der Waals surface area contributed by atoms with Crippen LogP contribution in [0.15, 0.2) is 18.3 Å². The minimum absolute atomic E-state index is 0.0457. The van der Waals surface area contributed by atoms with E-state index in [4.69, 9.17) is 4.74 Å². The van der Waals surface area contributed by atoms with E-state index in [1.165, 1.54) is 17.0 Å². The van der Waals surface area contributed by atoms with Gasteiger partial charge in [0.05, 0.1) is 11.3 Å². The van der Waals surface area contributed by atoms with Crippen molar-refractivity contribution in [2.45, 2.75) is 68.9 Å². The van der Waals surface area contributed by atoms with E-state index in [-0.39, 0.29) is 42.0 Å². The second-order valence-corrected chi connectivity index (χ2v) is 12.7. The third kappa shape index (κ3) is 4.53. The van der Waals surface area contributed by atoms with E-state index in [0.717, 1.165) is 12.6 Å². The largest absolute Gasteiger partial charge is 0.586 e. The summed E-state index contributed by atoms with van der Waals surface area (Å²) in [6, 6.07) is 2.68. The number of fused-ring (bicyclic) bond motifs is 5. The number of benzene rings is 1. The van der Waals surface area contributed by atoms with Gasteiger partial charge in [-0.1, -0.05) is 6.92 Å². The van der Waals surface area contributed by atoms with E-state index in [0.29, 0.717) is 44.5 Å². The number of carboxylic acid groups (broad SMARTS) is 1. The van der Waals surface area contributed by atoms with Crippen LogP contribution in [-0.4, -0.2) is 58.5 Å². The minimum Gasteiger partial charge on any atom is -0.479 e. The highest BCUT2D eigenvalue weighted by atomic mass is 19.4. The van der Waals surface area contributed by atoms with Gasteiger partial charge in [0.1, 0.15) is 5.54 Å². The van der Waals surface area contributed by atoms with Crippen LogP contribution in [0.3, 0.4) is 0 Å². The summed E-state index contributed by atoms with van der Waals surface area (Å²) in [6.45, 7) is 2.81. The fraction of sp³-hybridized carbons (Fsp3) is 0.586. The maximum absolute atomic E-state index is 14.5. The molecule has 1 saturated heterocycles. The smallest absolute Gasteiger partial charge is 0.479 e. The molecule has 0 radical (unpaired) electrons. The van der Waals surface area contributed by atoms with Crippen LogP contribution in [0, 0.1) is 17.8 Å². The number of carbonyl (C=O) groups excluding carboxylic acids is 1. The van der Waals surface area contributed by atoms with Gasteiger partial charge in [0.2, 0.25) is 5.95 Å². The third-order valence-corrected chi connectivity index (χ3v) is 9.89. The summed E-state index contributed by atoms with van der Waals surface area (Å²) < 4.78 is 86.0. The van der Waals surface area contributed by atoms with Crippen LogP contribution in [0.25, 0.3) is 0 Å². The lowest BCUT2D eigenvalue weighted by Crippen LogP contribution is -2.57.